The van der Waals surface area contributed by atoms with Gasteiger partial charge in [-0.3, -0.25) is 0 Å². The van der Waals surface area contributed by atoms with Gasteiger partial charge in [0.2, 0.25) is 0 Å². The van der Waals surface area contributed by atoms with Crippen LogP contribution in [0.2, 0.25) is 0 Å². The predicted molar refractivity (Wildman–Crippen MR) is 49.9 cm³/mol. The molecular formula is C10H8ClF2N. The van der Waals surface area contributed by atoms with E-state index in [4.69, 9.17) is 16.9 Å². The van der Waals surface area contributed by atoms with Crippen LogP contribution in [0, 0.1) is 28.9 Å². The van der Waals surface area contributed by atoms with Gasteiger partial charge in [0.25, 0.3) is 0 Å². The van der Waals surface area contributed by atoms with Crippen LogP contribution < -0.4 is 0 Å². The highest BCUT2D eigenvalue weighted by molar-refractivity contribution is 6.18. The molecule has 0 radical (unpaired) electrons. The average Bonchev–Trinajstić information content (AvgIpc) is 2.12. The summed E-state index contributed by atoms with van der Waals surface area (Å²) in [5.41, 5.74) is 0.453. The Morgan fingerprint density at radius 3 is 2.29 bits per heavy atom. The summed E-state index contributed by atoms with van der Waals surface area (Å²) in [5.74, 6) is -1.51. The van der Waals surface area contributed by atoms with Crippen molar-refractivity contribution < 1.29 is 8.78 Å². The van der Waals surface area contributed by atoms with Crippen molar-refractivity contribution in [3.05, 3.63) is 35.4 Å². The number of hydrogen-bond donors (Lipinski definition) is 0. The Hall–Kier alpha value is -1.14. The van der Waals surface area contributed by atoms with Crippen LogP contribution >= 0.6 is 11.6 Å². The van der Waals surface area contributed by atoms with Crippen LogP contribution in [0.25, 0.3) is 0 Å². The SMILES string of the molecule is N#CC(CCl)Cc1cc(F)cc(F)c1. The molecule has 1 aromatic carbocycles. The zero-order valence-corrected chi connectivity index (χ0v) is 8.06. The minimum Gasteiger partial charge on any atom is -0.207 e. The lowest BCUT2D eigenvalue weighted by Crippen LogP contribution is -2.03. The first kappa shape index (κ1) is 10.9. The van der Waals surface area contributed by atoms with Crippen LogP contribution in [0.1, 0.15) is 5.56 Å². The molecule has 0 amide bonds. The van der Waals surface area contributed by atoms with Crippen molar-refractivity contribution in [2.45, 2.75) is 6.42 Å². The third-order valence-electron chi connectivity index (χ3n) is 1.77. The quantitative estimate of drug-likeness (QED) is 0.712. The zero-order chi connectivity index (χ0) is 10.6. The van der Waals surface area contributed by atoms with Crippen LogP contribution in [-0.4, -0.2) is 5.88 Å². The van der Waals surface area contributed by atoms with Gasteiger partial charge < -0.3 is 0 Å². The van der Waals surface area contributed by atoms with E-state index in [2.05, 4.69) is 0 Å². The molecule has 0 spiro atoms. The Labute approximate surface area is 85.9 Å². The molecule has 0 aromatic heterocycles. The number of hydrogen-bond acceptors (Lipinski definition) is 1. The summed E-state index contributed by atoms with van der Waals surface area (Å²) in [7, 11) is 0. The van der Waals surface area contributed by atoms with Crippen LogP contribution in [0.5, 0.6) is 0 Å². The molecule has 14 heavy (non-hydrogen) atoms. The largest absolute Gasteiger partial charge is 0.207 e. The number of rotatable bonds is 3. The topological polar surface area (TPSA) is 23.8 Å². The van der Waals surface area contributed by atoms with E-state index in [1.165, 1.54) is 12.1 Å². The highest BCUT2D eigenvalue weighted by atomic mass is 35.5. The monoisotopic (exact) mass is 215 g/mol. The third kappa shape index (κ3) is 2.97. The summed E-state index contributed by atoms with van der Waals surface area (Å²) < 4.78 is 25.5. The molecule has 0 heterocycles. The minimum absolute atomic E-state index is 0.161. The lowest BCUT2D eigenvalue weighted by molar-refractivity contribution is 0.577. The lowest BCUT2D eigenvalue weighted by atomic mass is 10.0. The van der Waals surface area contributed by atoms with Crippen molar-refractivity contribution in [1.29, 1.82) is 5.26 Å². The summed E-state index contributed by atoms with van der Waals surface area (Å²) in [6, 6.07) is 5.18. The molecule has 0 fully saturated rings. The first-order valence-corrected chi connectivity index (χ1v) is 4.59. The van der Waals surface area contributed by atoms with Gasteiger partial charge in [0.15, 0.2) is 0 Å². The molecule has 0 N–H and O–H groups in total. The summed E-state index contributed by atoms with van der Waals surface area (Å²) in [5, 5.41) is 8.60. The number of benzene rings is 1. The Morgan fingerprint density at radius 1 is 1.29 bits per heavy atom. The van der Waals surface area contributed by atoms with Gasteiger partial charge in [0, 0.05) is 11.9 Å². The molecule has 0 bridgehead atoms. The first-order chi connectivity index (χ1) is 6.65. The van der Waals surface area contributed by atoms with Crippen molar-refractivity contribution in [2.24, 2.45) is 5.92 Å². The molecule has 1 unspecified atom stereocenters. The number of nitrogens with zero attached hydrogens (tertiary/aromatic N) is 1. The fraction of sp³-hybridized carbons (Fsp3) is 0.300. The predicted octanol–water partition coefficient (Wildman–Crippen LogP) is 2.89. The summed E-state index contributed by atoms with van der Waals surface area (Å²) >= 11 is 5.49. The van der Waals surface area contributed by atoms with Gasteiger partial charge in [-0.1, -0.05) is 0 Å². The fourth-order valence-corrected chi connectivity index (χ4v) is 1.33. The Kier molecular flexibility index (Phi) is 3.84. The molecule has 0 aliphatic heterocycles. The first-order valence-electron chi connectivity index (χ1n) is 4.06. The second-order valence-corrected chi connectivity index (χ2v) is 3.27. The van der Waals surface area contributed by atoms with Crippen LogP contribution in [0.15, 0.2) is 18.2 Å². The average molecular weight is 216 g/mol. The Balaban J connectivity index is 2.82. The molecule has 4 heteroatoms. The van der Waals surface area contributed by atoms with E-state index in [0.717, 1.165) is 6.07 Å². The minimum atomic E-state index is -0.633. The summed E-state index contributed by atoms with van der Waals surface area (Å²) in [4.78, 5) is 0. The molecule has 0 saturated carbocycles. The van der Waals surface area contributed by atoms with E-state index in [-0.39, 0.29) is 12.3 Å². The Morgan fingerprint density at radius 2 is 1.86 bits per heavy atom. The van der Waals surface area contributed by atoms with Crippen molar-refractivity contribution >= 4 is 11.6 Å². The van der Waals surface area contributed by atoms with E-state index in [0.29, 0.717) is 5.56 Å². The summed E-state index contributed by atoms with van der Waals surface area (Å²) in [6.07, 6.45) is 0.272. The van der Waals surface area contributed by atoms with Gasteiger partial charge in [0.05, 0.1) is 12.0 Å². The van der Waals surface area contributed by atoms with Gasteiger partial charge >= 0.3 is 0 Å². The molecule has 0 aliphatic rings. The normalized spacial score (nSPS) is 12.1. The van der Waals surface area contributed by atoms with Crippen LogP contribution in [-0.2, 0) is 6.42 Å². The number of nitriles is 1. The smallest absolute Gasteiger partial charge is 0.126 e. The summed E-state index contributed by atoms with van der Waals surface area (Å²) in [6.45, 7) is 0. The standard InChI is InChI=1S/C10H8ClF2N/c11-5-8(6-14)1-7-2-9(12)4-10(13)3-7/h2-4,8H,1,5H2. The third-order valence-corrected chi connectivity index (χ3v) is 2.15. The van der Waals surface area contributed by atoms with Gasteiger partial charge in [-0.25, -0.2) is 8.78 Å². The maximum Gasteiger partial charge on any atom is 0.126 e. The molecule has 1 nitrogen and oxygen atoms in total. The van der Waals surface area contributed by atoms with Gasteiger partial charge in [0.1, 0.15) is 11.6 Å². The molecule has 1 rings (SSSR count). The molecular weight excluding hydrogens is 208 g/mol. The Bertz CT molecular complexity index is 339. The molecule has 0 aliphatic carbocycles. The van der Waals surface area contributed by atoms with Crippen molar-refractivity contribution in [3.8, 4) is 6.07 Å². The molecule has 0 saturated heterocycles. The molecule has 74 valence electrons. The lowest BCUT2D eigenvalue weighted by Gasteiger charge is -2.05. The van der Waals surface area contributed by atoms with Crippen molar-refractivity contribution in [2.75, 3.05) is 5.88 Å². The van der Waals surface area contributed by atoms with E-state index < -0.39 is 17.6 Å². The maximum absolute atomic E-state index is 12.7. The van der Waals surface area contributed by atoms with Crippen LogP contribution in [0.4, 0.5) is 8.78 Å². The van der Waals surface area contributed by atoms with E-state index >= 15 is 0 Å². The number of halogens is 3. The molecule has 1 atom stereocenters. The van der Waals surface area contributed by atoms with Gasteiger partial charge in [-0.15, -0.1) is 11.6 Å². The van der Waals surface area contributed by atoms with Gasteiger partial charge in [-0.2, -0.15) is 5.26 Å². The van der Waals surface area contributed by atoms with Gasteiger partial charge in [-0.05, 0) is 24.1 Å². The second-order valence-electron chi connectivity index (χ2n) is 2.96. The van der Waals surface area contributed by atoms with Crippen molar-refractivity contribution in [1.82, 2.24) is 0 Å². The van der Waals surface area contributed by atoms with Crippen molar-refractivity contribution in [3.63, 3.8) is 0 Å². The number of alkyl halides is 1. The highest BCUT2D eigenvalue weighted by Gasteiger charge is 2.08. The maximum atomic E-state index is 12.7. The van der Waals surface area contributed by atoms with E-state index in [1.54, 1.807) is 0 Å². The van der Waals surface area contributed by atoms with E-state index in [1.807, 2.05) is 6.07 Å². The molecule has 1 aromatic rings. The van der Waals surface area contributed by atoms with Crippen LogP contribution in [0.3, 0.4) is 0 Å². The highest BCUT2D eigenvalue weighted by Crippen LogP contribution is 2.13. The fourth-order valence-electron chi connectivity index (χ4n) is 1.15. The zero-order valence-electron chi connectivity index (χ0n) is 7.30. The van der Waals surface area contributed by atoms with E-state index in [9.17, 15) is 8.78 Å². The second kappa shape index (κ2) is 4.92.